The van der Waals surface area contributed by atoms with Crippen LogP contribution in [0.3, 0.4) is 0 Å². The highest BCUT2D eigenvalue weighted by molar-refractivity contribution is 5.95. The molecule has 1 aromatic carbocycles. The molecule has 4 rings (SSSR count). The smallest absolute Gasteiger partial charge is 0.159 e. The average Bonchev–Trinajstić information content (AvgIpc) is 2.61. The lowest BCUT2D eigenvalue weighted by Crippen LogP contribution is -2.30. The van der Waals surface area contributed by atoms with Gasteiger partial charge < -0.3 is 15.5 Å². The van der Waals surface area contributed by atoms with Gasteiger partial charge >= 0.3 is 0 Å². The van der Waals surface area contributed by atoms with Crippen molar-refractivity contribution in [2.24, 2.45) is 10.9 Å². The second kappa shape index (κ2) is 6.40. The van der Waals surface area contributed by atoms with Crippen molar-refractivity contribution >= 4 is 22.8 Å². The molecule has 126 valence electrons. The summed E-state index contributed by atoms with van der Waals surface area (Å²) in [4.78, 5) is 9.56. The normalized spacial score (nSPS) is 21.2. The van der Waals surface area contributed by atoms with E-state index in [-0.39, 0.29) is 11.5 Å². The van der Waals surface area contributed by atoms with E-state index in [9.17, 15) is 10.2 Å². The van der Waals surface area contributed by atoms with E-state index >= 15 is 0 Å². The van der Waals surface area contributed by atoms with E-state index in [1.807, 2.05) is 0 Å². The Bertz CT molecular complexity index is 795. The van der Waals surface area contributed by atoms with Crippen LogP contribution in [0.15, 0.2) is 17.1 Å². The Hall–Kier alpha value is -2.14. The number of aliphatic imine (C=N–C) groups is 1. The molecular weight excluding hydrogens is 302 g/mol. The average molecular weight is 325 g/mol. The molecule has 5 nitrogen and oxygen atoms in total. The van der Waals surface area contributed by atoms with Crippen LogP contribution in [0.4, 0.5) is 5.69 Å². The first-order valence-corrected chi connectivity index (χ1v) is 8.84. The predicted molar refractivity (Wildman–Crippen MR) is 95.5 cm³/mol. The van der Waals surface area contributed by atoms with Gasteiger partial charge in [0.05, 0.1) is 11.2 Å². The molecule has 24 heavy (non-hydrogen) atoms. The van der Waals surface area contributed by atoms with Crippen molar-refractivity contribution in [2.75, 3.05) is 13.1 Å². The maximum absolute atomic E-state index is 9.92. The number of pyridine rings is 1. The van der Waals surface area contributed by atoms with Crippen molar-refractivity contribution in [1.29, 1.82) is 0 Å². The topological polar surface area (TPSA) is 77.7 Å². The minimum atomic E-state index is -0.128. The Kier molecular flexibility index (Phi) is 4.10. The van der Waals surface area contributed by atoms with Gasteiger partial charge in [-0.05, 0) is 56.7 Å². The van der Waals surface area contributed by atoms with E-state index in [0.29, 0.717) is 11.4 Å². The zero-order valence-electron chi connectivity index (χ0n) is 13.8. The van der Waals surface area contributed by atoms with E-state index in [0.717, 1.165) is 62.0 Å². The van der Waals surface area contributed by atoms with Crippen LogP contribution in [-0.4, -0.2) is 34.5 Å². The number of phenolic OH excluding ortho intramolecular Hbond substituents is 2. The first kappa shape index (κ1) is 15.4. The summed E-state index contributed by atoms with van der Waals surface area (Å²) in [7, 11) is 0. The maximum atomic E-state index is 9.92. The minimum absolute atomic E-state index is 0.115. The quantitative estimate of drug-likeness (QED) is 0.585. The summed E-state index contributed by atoms with van der Waals surface area (Å²) in [6, 6.07) is 3.14. The van der Waals surface area contributed by atoms with Crippen LogP contribution in [0.5, 0.6) is 11.5 Å². The summed E-state index contributed by atoms with van der Waals surface area (Å²) < 4.78 is 0. The van der Waals surface area contributed by atoms with Crippen LogP contribution < -0.4 is 5.32 Å². The van der Waals surface area contributed by atoms with E-state index in [1.165, 1.54) is 12.0 Å². The van der Waals surface area contributed by atoms with E-state index < -0.39 is 0 Å². The van der Waals surface area contributed by atoms with Gasteiger partial charge in [0.2, 0.25) is 0 Å². The highest BCUT2D eigenvalue weighted by Gasteiger charge is 2.19. The molecule has 1 saturated heterocycles. The van der Waals surface area contributed by atoms with Gasteiger partial charge in [0, 0.05) is 35.8 Å². The van der Waals surface area contributed by atoms with Crippen molar-refractivity contribution in [3.8, 4) is 11.5 Å². The zero-order valence-corrected chi connectivity index (χ0v) is 13.8. The lowest BCUT2D eigenvalue weighted by atomic mass is 9.92. The molecule has 2 aromatic rings. The van der Waals surface area contributed by atoms with Crippen molar-refractivity contribution in [2.45, 2.75) is 38.5 Å². The summed E-state index contributed by atoms with van der Waals surface area (Å²) in [5.74, 6) is 0.208. The standard InChI is InChI=1S/C19H23N3O2/c23-17-8-14-16(9-18(17)24)22-15-6-2-1-5-13(15)19(14)21-11-12-4-3-7-20-10-12/h8-9,11-12,20,23-24H,1-7,10H2. The van der Waals surface area contributed by atoms with Crippen molar-refractivity contribution in [3.05, 3.63) is 23.4 Å². The summed E-state index contributed by atoms with van der Waals surface area (Å²) >= 11 is 0. The molecular formula is C19H23N3O2. The first-order chi connectivity index (χ1) is 11.7. The molecule has 0 radical (unpaired) electrons. The van der Waals surface area contributed by atoms with Crippen LogP contribution in [0.25, 0.3) is 10.9 Å². The molecule has 2 heterocycles. The Balaban J connectivity index is 1.83. The highest BCUT2D eigenvalue weighted by atomic mass is 16.3. The molecule has 1 unspecified atom stereocenters. The third-order valence-corrected chi connectivity index (χ3v) is 5.08. The van der Waals surface area contributed by atoms with Crippen LogP contribution in [0.2, 0.25) is 0 Å². The van der Waals surface area contributed by atoms with Crippen LogP contribution >= 0.6 is 0 Å². The van der Waals surface area contributed by atoms with Gasteiger partial charge in [-0.15, -0.1) is 0 Å². The molecule has 0 bridgehead atoms. The Morgan fingerprint density at radius 3 is 2.79 bits per heavy atom. The number of hydrogen-bond donors (Lipinski definition) is 3. The van der Waals surface area contributed by atoms with Crippen molar-refractivity contribution < 1.29 is 10.2 Å². The van der Waals surface area contributed by atoms with Gasteiger partial charge in [-0.2, -0.15) is 0 Å². The molecule has 5 heteroatoms. The number of benzene rings is 1. The summed E-state index contributed by atoms with van der Waals surface area (Å²) in [6.45, 7) is 2.06. The van der Waals surface area contributed by atoms with Gasteiger partial charge in [-0.3, -0.25) is 9.98 Å². The van der Waals surface area contributed by atoms with Gasteiger partial charge in [0.25, 0.3) is 0 Å². The van der Waals surface area contributed by atoms with Gasteiger partial charge in [0.15, 0.2) is 11.5 Å². The minimum Gasteiger partial charge on any atom is -0.504 e. The number of nitrogens with one attached hydrogen (secondary N) is 1. The third-order valence-electron chi connectivity index (χ3n) is 5.08. The molecule has 1 fully saturated rings. The lowest BCUT2D eigenvalue weighted by molar-refractivity contribution is 0.405. The summed E-state index contributed by atoms with van der Waals surface area (Å²) in [6.07, 6.45) is 8.63. The second-order valence-electron chi connectivity index (χ2n) is 6.84. The van der Waals surface area contributed by atoms with Crippen LogP contribution in [-0.2, 0) is 12.8 Å². The van der Waals surface area contributed by atoms with E-state index in [2.05, 4.69) is 11.5 Å². The molecule has 0 amide bonds. The number of aromatic nitrogens is 1. The molecule has 0 spiro atoms. The zero-order chi connectivity index (χ0) is 16.5. The Labute approximate surface area is 141 Å². The number of fused-ring (bicyclic) bond motifs is 2. The molecule has 1 aliphatic carbocycles. The lowest BCUT2D eigenvalue weighted by Gasteiger charge is -2.21. The molecule has 1 aromatic heterocycles. The largest absolute Gasteiger partial charge is 0.504 e. The Morgan fingerprint density at radius 2 is 1.96 bits per heavy atom. The first-order valence-electron chi connectivity index (χ1n) is 8.84. The van der Waals surface area contributed by atoms with Gasteiger partial charge in [-0.1, -0.05) is 0 Å². The number of phenols is 2. The number of aromatic hydroxyl groups is 2. The van der Waals surface area contributed by atoms with Gasteiger partial charge in [-0.25, -0.2) is 0 Å². The fraction of sp³-hybridized carbons (Fsp3) is 0.474. The van der Waals surface area contributed by atoms with Gasteiger partial charge in [0.1, 0.15) is 0 Å². The molecule has 1 aliphatic heterocycles. The maximum Gasteiger partial charge on any atom is 0.159 e. The van der Waals surface area contributed by atoms with Crippen LogP contribution in [0.1, 0.15) is 36.9 Å². The fourth-order valence-electron chi connectivity index (χ4n) is 3.76. The van der Waals surface area contributed by atoms with Crippen molar-refractivity contribution in [1.82, 2.24) is 10.3 Å². The number of nitrogens with zero attached hydrogens (tertiary/aromatic N) is 2. The molecule has 0 saturated carbocycles. The number of aryl methyl sites for hydroxylation is 1. The summed E-state index contributed by atoms with van der Waals surface area (Å²) in [5, 5.41) is 24.0. The van der Waals surface area contributed by atoms with Crippen LogP contribution in [0, 0.1) is 5.92 Å². The monoisotopic (exact) mass is 325 g/mol. The Morgan fingerprint density at radius 1 is 1.12 bits per heavy atom. The number of piperidine rings is 1. The fourth-order valence-corrected chi connectivity index (χ4v) is 3.76. The van der Waals surface area contributed by atoms with E-state index in [4.69, 9.17) is 9.98 Å². The highest BCUT2D eigenvalue weighted by Crippen LogP contribution is 2.39. The summed E-state index contributed by atoms with van der Waals surface area (Å²) in [5.41, 5.74) is 3.93. The molecule has 3 N–H and O–H groups in total. The predicted octanol–water partition coefficient (Wildman–Crippen LogP) is 3.23. The van der Waals surface area contributed by atoms with E-state index in [1.54, 1.807) is 12.1 Å². The third kappa shape index (κ3) is 2.84. The molecule has 2 aliphatic rings. The second-order valence-corrected chi connectivity index (χ2v) is 6.84. The number of hydrogen-bond acceptors (Lipinski definition) is 5. The SMILES string of the molecule is Oc1cc2nc3c(c(N=CC4CCCNC4)c2cc1O)CCCC3. The molecule has 1 atom stereocenters. The van der Waals surface area contributed by atoms with Crippen molar-refractivity contribution in [3.63, 3.8) is 0 Å². The number of rotatable bonds is 2.